The average Bonchev–Trinajstić information content (AvgIpc) is 3.51. The Bertz CT molecular complexity index is 1300. The number of rotatable bonds is 11. The first-order valence-corrected chi connectivity index (χ1v) is 14.7. The fourth-order valence-corrected chi connectivity index (χ4v) is 6.64. The molecule has 2 aromatic carbocycles. The molecule has 1 heterocycles. The molecule has 1 aliphatic heterocycles. The van der Waals surface area contributed by atoms with Crippen LogP contribution in [0.25, 0.3) is 0 Å². The summed E-state index contributed by atoms with van der Waals surface area (Å²) in [7, 11) is 1.57. The zero-order valence-corrected chi connectivity index (χ0v) is 24.0. The number of nitrogens with zero attached hydrogens (tertiary/aromatic N) is 2. The van der Waals surface area contributed by atoms with Gasteiger partial charge < -0.3 is 14.6 Å². The molecule has 220 valence electrons. The normalized spacial score (nSPS) is 22.3. The molecule has 0 spiro atoms. The van der Waals surface area contributed by atoms with E-state index in [9.17, 15) is 23.9 Å². The third-order valence-corrected chi connectivity index (χ3v) is 8.99. The van der Waals surface area contributed by atoms with Crippen LogP contribution in [-0.4, -0.2) is 59.5 Å². The van der Waals surface area contributed by atoms with Crippen LogP contribution in [0.3, 0.4) is 0 Å². The summed E-state index contributed by atoms with van der Waals surface area (Å²) in [6, 6.07) is 9.12. The third kappa shape index (κ3) is 6.67. The molecule has 1 unspecified atom stereocenters. The minimum Gasteiger partial charge on any atom is -0.493 e. The standard InChI is InChI=1S/C31H36ClFN2O6/c1-40-28-14-20(4-9-27(28)41-13-12-35-29(36)10-11-30(35)37)18-34(17-19-2-5-21(6-3-19)31(38)39)26-8-7-22-15-25(33)24(32)16-23(22)26/h4,9,14-16,19,21,26H,2-3,5-8,10-13,17-18H2,1H3,(H,38,39)/t19-,21-,26?. The van der Waals surface area contributed by atoms with E-state index < -0.39 is 11.8 Å². The number of halogens is 2. The van der Waals surface area contributed by atoms with E-state index in [4.69, 9.17) is 21.1 Å². The Morgan fingerprint density at radius 2 is 1.78 bits per heavy atom. The molecule has 2 aliphatic carbocycles. The van der Waals surface area contributed by atoms with Crippen LogP contribution in [0.4, 0.5) is 4.39 Å². The first-order chi connectivity index (χ1) is 19.7. The number of ether oxygens (including phenoxy) is 2. The molecule has 0 aromatic heterocycles. The summed E-state index contributed by atoms with van der Waals surface area (Å²) in [4.78, 5) is 38.9. The topological polar surface area (TPSA) is 96.4 Å². The Balaban J connectivity index is 1.31. The molecule has 10 heteroatoms. The number of hydrogen-bond acceptors (Lipinski definition) is 6. The molecule has 2 fully saturated rings. The van der Waals surface area contributed by atoms with E-state index in [1.807, 2.05) is 18.2 Å². The largest absolute Gasteiger partial charge is 0.493 e. The number of hydrogen-bond donors (Lipinski definition) is 1. The van der Waals surface area contributed by atoms with Crippen molar-refractivity contribution in [2.75, 3.05) is 26.8 Å². The molecule has 5 rings (SSSR count). The van der Waals surface area contributed by atoms with E-state index in [-0.39, 0.29) is 54.8 Å². The summed E-state index contributed by atoms with van der Waals surface area (Å²) in [5.74, 6) is -0.274. The fourth-order valence-electron chi connectivity index (χ4n) is 6.47. The highest BCUT2D eigenvalue weighted by molar-refractivity contribution is 6.30. The lowest BCUT2D eigenvalue weighted by Crippen LogP contribution is -2.34. The number of methoxy groups -OCH3 is 1. The molecular weight excluding hydrogens is 551 g/mol. The Morgan fingerprint density at radius 3 is 2.46 bits per heavy atom. The summed E-state index contributed by atoms with van der Waals surface area (Å²) in [5.41, 5.74) is 3.04. The maximum atomic E-state index is 14.2. The Morgan fingerprint density at radius 1 is 1.05 bits per heavy atom. The van der Waals surface area contributed by atoms with E-state index in [2.05, 4.69) is 4.90 Å². The second kappa shape index (κ2) is 12.8. The molecule has 1 saturated carbocycles. The number of fused-ring (bicyclic) bond motifs is 1. The van der Waals surface area contributed by atoms with Gasteiger partial charge in [0.05, 0.1) is 24.6 Å². The highest BCUT2D eigenvalue weighted by Crippen LogP contribution is 2.41. The number of carbonyl (C=O) groups excluding carboxylic acids is 2. The number of aliphatic carboxylic acids is 1. The van der Waals surface area contributed by atoms with Crippen molar-refractivity contribution in [1.29, 1.82) is 0 Å². The van der Waals surface area contributed by atoms with E-state index in [1.165, 1.54) is 4.90 Å². The van der Waals surface area contributed by atoms with Gasteiger partial charge in [-0.3, -0.25) is 24.2 Å². The van der Waals surface area contributed by atoms with Crippen LogP contribution in [0.2, 0.25) is 5.02 Å². The smallest absolute Gasteiger partial charge is 0.306 e. The van der Waals surface area contributed by atoms with Gasteiger partial charge in [0.15, 0.2) is 11.5 Å². The van der Waals surface area contributed by atoms with Crippen molar-refractivity contribution in [2.45, 2.75) is 64.0 Å². The zero-order valence-electron chi connectivity index (χ0n) is 23.2. The number of benzene rings is 2. The summed E-state index contributed by atoms with van der Waals surface area (Å²) in [6.07, 6.45) is 5.20. The van der Waals surface area contributed by atoms with Crippen LogP contribution in [-0.2, 0) is 27.3 Å². The molecule has 1 N–H and O–H groups in total. The summed E-state index contributed by atoms with van der Waals surface area (Å²) in [5, 5.41) is 9.55. The SMILES string of the molecule is COc1cc(CN(C[C@H]2CC[C@H](C(=O)O)CC2)C2CCc3cc(F)c(Cl)cc32)ccc1OCCN1C(=O)CCC1=O. The molecule has 1 atom stereocenters. The van der Waals surface area contributed by atoms with Crippen molar-refractivity contribution in [2.24, 2.45) is 11.8 Å². The zero-order chi connectivity index (χ0) is 29.1. The lowest BCUT2D eigenvalue weighted by molar-refractivity contribution is -0.143. The van der Waals surface area contributed by atoms with Gasteiger partial charge in [0, 0.05) is 32.0 Å². The second-order valence-corrected chi connectivity index (χ2v) is 11.7. The van der Waals surface area contributed by atoms with Gasteiger partial charge in [0.2, 0.25) is 11.8 Å². The van der Waals surface area contributed by atoms with Crippen LogP contribution < -0.4 is 9.47 Å². The van der Waals surface area contributed by atoms with Gasteiger partial charge in [-0.25, -0.2) is 4.39 Å². The van der Waals surface area contributed by atoms with Crippen LogP contribution in [0.1, 0.15) is 67.7 Å². The van der Waals surface area contributed by atoms with Crippen molar-refractivity contribution in [1.82, 2.24) is 9.80 Å². The van der Waals surface area contributed by atoms with Gasteiger partial charge in [-0.15, -0.1) is 0 Å². The lowest BCUT2D eigenvalue weighted by atomic mass is 9.81. The molecule has 2 aromatic rings. The van der Waals surface area contributed by atoms with E-state index in [0.717, 1.165) is 48.9 Å². The average molecular weight is 587 g/mol. The van der Waals surface area contributed by atoms with E-state index in [0.29, 0.717) is 36.8 Å². The monoisotopic (exact) mass is 586 g/mol. The number of carboxylic acids is 1. The van der Waals surface area contributed by atoms with Crippen molar-refractivity contribution >= 4 is 29.4 Å². The fraction of sp³-hybridized carbons (Fsp3) is 0.516. The van der Waals surface area contributed by atoms with Gasteiger partial charge >= 0.3 is 5.97 Å². The van der Waals surface area contributed by atoms with Gasteiger partial charge in [0.25, 0.3) is 0 Å². The van der Waals surface area contributed by atoms with Gasteiger partial charge in [-0.05, 0) is 85.4 Å². The number of imide groups is 1. The number of amides is 2. The van der Waals surface area contributed by atoms with Gasteiger partial charge in [-0.1, -0.05) is 17.7 Å². The number of carboxylic acid groups (broad SMARTS) is 1. The Hall–Kier alpha value is -3.17. The first-order valence-electron chi connectivity index (χ1n) is 14.3. The van der Waals surface area contributed by atoms with E-state index >= 15 is 0 Å². The first kappa shape index (κ1) is 29.3. The molecule has 0 bridgehead atoms. The van der Waals surface area contributed by atoms with Gasteiger partial charge in [0.1, 0.15) is 12.4 Å². The van der Waals surface area contributed by atoms with Crippen molar-refractivity contribution in [3.63, 3.8) is 0 Å². The maximum absolute atomic E-state index is 14.2. The summed E-state index contributed by atoms with van der Waals surface area (Å²) >= 11 is 6.20. The third-order valence-electron chi connectivity index (χ3n) is 8.70. The minimum absolute atomic E-state index is 0.0674. The van der Waals surface area contributed by atoms with Crippen LogP contribution in [0.5, 0.6) is 11.5 Å². The molecule has 0 radical (unpaired) electrons. The predicted octanol–water partition coefficient (Wildman–Crippen LogP) is 5.40. The molecular formula is C31H36ClFN2O6. The quantitative estimate of drug-likeness (QED) is 0.352. The second-order valence-electron chi connectivity index (χ2n) is 11.3. The maximum Gasteiger partial charge on any atom is 0.306 e. The number of likely N-dealkylation sites (tertiary alicyclic amines) is 1. The lowest BCUT2D eigenvalue weighted by Gasteiger charge is -2.35. The number of aryl methyl sites for hydroxylation is 1. The van der Waals surface area contributed by atoms with Crippen molar-refractivity contribution in [3.8, 4) is 11.5 Å². The highest BCUT2D eigenvalue weighted by atomic mass is 35.5. The van der Waals surface area contributed by atoms with Crippen molar-refractivity contribution < 1.29 is 33.4 Å². The Kier molecular flexibility index (Phi) is 9.14. The van der Waals surface area contributed by atoms with Crippen LogP contribution in [0.15, 0.2) is 30.3 Å². The summed E-state index contributed by atoms with van der Waals surface area (Å²) in [6.45, 7) is 1.79. The highest BCUT2D eigenvalue weighted by Gasteiger charge is 2.33. The summed E-state index contributed by atoms with van der Waals surface area (Å²) < 4.78 is 25.7. The number of carbonyl (C=O) groups is 3. The molecule has 1 saturated heterocycles. The predicted molar refractivity (Wildman–Crippen MR) is 150 cm³/mol. The van der Waals surface area contributed by atoms with Crippen LogP contribution >= 0.6 is 11.6 Å². The molecule has 2 amide bonds. The Labute approximate surface area is 244 Å². The molecule has 8 nitrogen and oxygen atoms in total. The van der Waals surface area contributed by atoms with Crippen molar-refractivity contribution in [3.05, 3.63) is 57.9 Å². The van der Waals surface area contributed by atoms with Gasteiger partial charge in [-0.2, -0.15) is 0 Å². The van der Waals surface area contributed by atoms with Crippen LogP contribution in [0, 0.1) is 17.7 Å². The van der Waals surface area contributed by atoms with E-state index in [1.54, 1.807) is 19.2 Å². The minimum atomic E-state index is -0.713. The molecule has 41 heavy (non-hydrogen) atoms. The molecule has 3 aliphatic rings.